The minimum Gasteiger partial charge on any atom is -0.379 e. The lowest BCUT2D eigenvalue weighted by Crippen LogP contribution is -2.46. The van der Waals surface area contributed by atoms with Crippen LogP contribution in [0.2, 0.25) is 0 Å². The minimum atomic E-state index is 0.563. The number of hydrogen-bond donors (Lipinski definition) is 0. The fourth-order valence-corrected chi connectivity index (χ4v) is 4.39. The zero-order valence-corrected chi connectivity index (χ0v) is 16.2. The smallest absolute Gasteiger partial charge is 0.226 e. The maximum Gasteiger partial charge on any atom is 0.226 e. The van der Waals surface area contributed by atoms with E-state index in [1.165, 1.54) is 35.2 Å². The molecule has 0 amide bonds. The Morgan fingerprint density at radius 2 is 1.85 bits per heavy atom. The summed E-state index contributed by atoms with van der Waals surface area (Å²) in [5.74, 6) is 0.932. The van der Waals surface area contributed by atoms with Crippen molar-refractivity contribution in [2.75, 3.05) is 37.7 Å². The van der Waals surface area contributed by atoms with Crippen LogP contribution in [0.3, 0.4) is 0 Å². The quantitative estimate of drug-likeness (QED) is 0.834. The molecule has 2 aliphatic heterocycles. The second-order valence-corrected chi connectivity index (χ2v) is 8.07. The highest BCUT2D eigenvalue weighted by Crippen LogP contribution is 2.34. The van der Waals surface area contributed by atoms with Gasteiger partial charge < -0.3 is 9.64 Å². The van der Waals surface area contributed by atoms with Gasteiger partial charge in [0.2, 0.25) is 5.95 Å². The summed E-state index contributed by atoms with van der Waals surface area (Å²) in [7, 11) is 0. The van der Waals surface area contributed by atoms with Crippen molar-refractivity contribution in [3.05, 3.63) is 41.1 Å². The first-order valence-electron chi connectivity index (χ1n) is 10.3. The summed E-state index contributed by atoms with van der Waals surface area (Å²) in [6, 6.07) is 9.59. The summed E-state index contributed by atoms with van der Waals surface area (Å²) in [5, 5.41) is 0. The number of nitrogens with zero attached hydrogens (tertiary/aromatic N) is 4. The van der Waals surface area contributed by atoms with Crippen molar-refractivity contribution in [3.8, 4) is 11.3 Å². The van der Waals surface area contributed by atoms with Gasteiger partial charge in [-0.1, -0.05) is 24.3 Å². The number of benzene rings is 1. The Morgan fingerprint density at radius 3 is 2.56 bits per heavy atom. The standard InChI is InChI=1S/C22H28N4O/c1-16-9-10-26(16)22-23-20-4-2-3-19(20)21(24-22)18-7-5-17(6-8-18)15-25-11-13-27-14-12-25/h5-8,16H,2-4,9-15H2,1H3/t16-/m0/s1. The lowest BCUT2D eigenvalue weighted by Gasteiger charge is -2.39. The number of aryl methyl sites for hydroxylation is 1. The molecular formula is C22H28N4O. The molecule has 2 saturated heterocycles. The molecule has 5 heteroatoms. The van der Waals surface area contributed by atoms with E-state index < -0.39 is 0 Å². The third-order valence-electron chi connectivity index (χ3n) is 6.24. The van der Waals surface area contributed by atoms with Crippen molar-refractivity contribution < 1.29 is 4.74 Å². The molecule has 0 spiro atoms. The predicted molar refractivity (Wildman–Crippen MR) is 107 cm³/mol. The van der Waals surface area contributed by atoms with Crippen molar-refractivity contribution in [1.82, 2.24) is 14.9 Å². The number of aromatic nitrogens is 2. The molecule has 2 fully saturated rings. The molecule has 0 radical (unpaired) electrons. The van der Waals surface area contributed by atoms with Crippen LogP contribution in [0.4, 0.5) is 5.95 Å². The Kier molecular flexibility index (Phi) is 4.58. The van der Waals surface area contributed by atoms with Crippen LogP contribution in [0.15, 0.2) is 24.3 Å². The SMILES string of the molecule is C[C@H]1CCN1c1nc2c(c(-c3ccc(CN4CCOCC4)cc3)n1)CCC2. The number of ether oxygens (including phenoxy) is 1. The minimum absolute atomic E-state index is 0.563. The highest BCUT2D eigenvalue weighted by atomic mass is 16.5. The van der Waals surface area contributed by atoms with Crippen molar-refractivity contribution in [2.45, 2.75) is 45.2 Å². The average Bonchev–Trinajstić information content (AvgIpc) is 3.16. The highest BCUT2D eigenvalue weighted by molar-refractivity contribution is 5.67. The molecule has 5 nitrogen and oxygen atoms in total. The van der Waals surface area contributed by atoms with Gasteiger partial charge in [0.25, 0.3) is 0 Å². The Labute approximate surface area is 161 Å². The van der Waals surface area contributed by atoms with Crippen LogP contribution in [0.5, 0.6) is 0 Å². The van der Waals surface area contributed by atoms with Crippen LogP contribution in [-0.4, -0.2) is 53.8 Å². The van der Waals surface area contributed by atoms with Crippen LogP contribution in [0, 0.1) is 0 Å². The van der Waals surface area contributed by atoms with Crippen LogP contribution >= 0.6 is 0 Å². The maximum atomic E-state index is 5.45. The summed E-state index contributed by atoms with van der Waals surface area (Å²) in [4.78, 5) is 14.7. The monoisotopic (exact) mass is 364 g/mol. The number of hydrogen-bond acceptors (Lipinski definition) is 5. The van der Waals surface area contributed by atoms with E-state index in [0.29, 0.717) is 6.04 Å². The van der Waals surface area contributed by atoms with Gasteiger partial charge in [0.05, 0.1) is 18.9 Å². The van der Waals surface area contributed by atoms with Crippen molar-refractivity contribution in [2.24, 2.45) is 0 Å². The van der Waals surface area contributed by atoms with E-state index in [9.17, 15) is 0 Å². The van der Waals surface area contributed by atoms with Gasteiger partial charge in [-0.25, -0.2) is 9.97 Å². The van der Waals surface area contributed by atoms with E-state index in [2.05, 4.69) is 41.0 Å². The molecule has 3 heterocycles. The zero-order valence-electron chi connectivity index (χ0n) is 16.2. The van der Waals surface area contributed by atoms with Crippen molar-refractivity contribution in [3.63, 3.8) is 0 Å². The molecule has 1 aliphatic carbocycles. The number of fused-ring (bicyclic) bond motifs is 1. The van der Waals surface area contributed by atoms with Crippen LogP contribution < -0.4 is 4.90 Å². The number of rotatable bonds is 4. The molecule has 1 aromatic heterocycles. The Hall–Kier alpha value is -1.98. The normalized spacial score (nSPS) is 22.6. The van der Waals surface area contributed by atoms with Gasteiger partial charge in [-0.3, -0.25) is 4.90 Å². The van der Waals surface area contributed by atoms with Gasteiger partial charge in [0.15, 0.2) is 0 Å². The van der Waals surface area contributed by atoms with Gasteiger partial charge in [0, 0.05) is 49.0 Å². The van der Waals surface area contributed by atoms with Gasteiger partial charge in [-0.05, 0) is 38.2 Å². The van der Waals surface area contributed by atoms with E-state index >= 15 is 0 Å². The van der Waals surface area contributed by atoms with E-state index in [1.807, 2.05) is 0 Å². The molecule has 3 aliphatic rings. The molecule has 5 rings (SSSR count). The van der Waals surface area contributed by atoms with Crippen LogP contribution in [-0.2, 0) is 24.1 Å². The molecule has 0 bridgehead atoms. The lowest BCUT2D eigenvalue weighted by molar-refractivity contribution is 0.0342. The molecule has 27 heavy (non-hydrogen) atoms. The third kappa shape index (κ3) is 3.34. The van der Waals surface area contributed by atoms with Crippen molar-refractivity contribution >= 4 is 5.95 Å². The number of morpholine rings is 1. The lowest BCUT2D eigenvalue weighted by atomic mass is 10.0. The first-order chi connectivity index (χ1) is 13.3. The van der Waals surface area contributed by atoms with Crippen LogP contribution in [0.25, 0.3) is 11.3 Å². The second-order valence-electron chi connectivity index (χ2n) is 8.07. The first kappa shape index (κ1) is 17.1. The van der Waals surface area contributed by atoms with E-state index in [0.717, 1.165) is 63.9 Å². The fraction of sp³-hybridized carbons (Fsp3) is 0.545. The topological polar surface area (TPSA) is 41.5 Å². The summed E-state index contributed by atoms with van der Waals surface area (Å²) < 4.78 is 5.45. The van der Waals surface area contributed by atoms with Gasteiger partial charge >= 0.3 is 0 Å². The summed E-state index contributed by atoms with van der Waals surface area (Å²) in [6.45, 7) is 8.10. The summed E-state index contributed by atoms with van der Waals surface area (Å²) in [6.07, 6.45) is 4.64. The Morgan fingerprint density at radius 1 is 1.04 bits per heavy atom. The first-order valence-corrected chi connectivity index (χ1v) is 10.3. The van der Waals surface area contributed by atoms with Crippen LogP contribution in [0.1, 0.15) is 36.6 Å². The Balaban J connectivity index is 1.42. The predicted octanol–water partition coefficient (Wildman–Crippen LogP) is 3.06. The summed E-state index contributed by atoms with van der Waals surface area (Å²) in [5.41, 5.74) is 6.39. The van der Waals surface area contributed by atoms with E-state index in [4.69, 9.17) is 14.7 Å². The number of anilines is 1. The van der Waals surface area contributed by atoms with Gasteiger partial charge in [-0.2, -0.15) is 0 Å². The molecule has 1 aromatic carbocycles. The highest BCUT2D eigenvalue weighted by Gasteiger charge is 2.29. The molecule has 0 N–H and O–H groups in total. The second kappa shape index (κ2) is 7.21. The van der Waals surface area contributed by atoms with E-state index in [-0.39, 0.29) is 0 Å². The average molecular weight is 364 g/mol. The van der Waals surface area contributed by atoms with E-state index in [1.54, 1.807) is 0 Å². The van der Waals surface area contributed by atoms with Gasteiger partial charge in [-0.15, -0.1) is 0 Å². The maximum absolute atomic E-state index is 5.45. The van der Waals surface area contributed by atoms with Crippen molar-refractivity contribution in [1.29, 1.82) is 0 Å². The zero-order chi connectivity index (χ0) is 18.2. The molecule has 0 unspecified atom stereocenters. The third-order valence-corrected chi connectivity index (χ3v) is 6.24. The molecular weight excluding hydrogens is 336 g/mol. The molecule has 1 atom stereocenters. The fourth-order valence-electron chi connectivity index (χ4n) is 4.39. The molecule has 2 aromatic rings. The molecule has 0 saturated carbocycles. The Bertz CT molecular complexity index is 814. The molecule has 142 valence electrons. The van der Waals surface area contributed by atoms with Gasteiger partial charge in [0.1, 0.15) is 0 Å². The largest absolute Gasteiger partial charge is 0.379 e. The summed E-state index contributed by atoms with van der Waals surface area (Å²) >= 11 is 0.